The van der Waals surface area contributed by atoms with Crippen LogP contribution in [0.5, 0.6) is 5.75 Å². The fourth-order valence-electron chi connectivity index (χ4n) is 3.48. The number of hydrogen-bond acceptors (Lipinski definition) is 6. The largest absolute Gasteiger partial charge is 0.497 e. The Kier molecular flexibility index (Phi) is 5.92. The molecule has 2 heterocycles. The summed E-state index contributed by atoms with van der Waals surface area (Å²) < 4.78 is 16.3. The van der Waals surface area contributed by atoms with Gasteiger partial charge in [0.15, 0.2) is 5.69 Å². The van der Waals surface area contributed by atoms with Crippen molar-refractivity contribution in [1.29, 1.82) is 0 Å². The predicted molar refractivity (Wildman–Crippen MR) is 103 cm³/mol. The lowest BCUT2D eigenvalue weighted by Gasteiger charge is -2.20. The summed E-state index contributed by atoms with van der Waals surface area (Å²) in [6, 6.07) is 8.65. The lowest BCUT2D eigenvalue weighted by Crippen LogP contribution is -2.32. The Labute approximate surface area is 165 Å². The second-order valence-corrected chi connectivity index (χ2v) is 7.46. The van der Waals surface area contributed by atoms with E-state index in [0.717, 1.165) is 31.7 Å². The van der Waals surface area contributed by atoms with Crippen LogP contribution in [0.2, 0.25) is 0 Å². The van der Waals surface area contributed by atoms with Crippen molar-refractivity contribution in [1.82, 2.24) is 15.2 Å². The molecule has 1 N–H and O–H groups in total. The minimum absolute atomic E-state index is 0.116. The van der Waals surface area contributed by atoms with Crippen LogP contribution < -0.4 is 10.1 Å². The molecule has 2 aliphatic rings. The average molecular weight is 385 g/mol. The third-order valence-electron chi connectivity index (χ3n) is 5.25. The van der Waals surface area contributed by atoms with Gasteiger partial charge in [0.2, 0.25) is 5.89 Å². The van der Waals surface area contributed by atoms with E-state index in [-0.39, 0.29) is 12.0 Å². The third kappa shape index (κ3) is 4.91. The number of ether oxygens (including phenoxy) is 2. The summed E-state index contributed by atoms with van der Waals surface area (Å²) >= 11 is 0. The summed E-state index contributed by atoms with van der Waals surface area (Å²) in [5, 5.41) is 2.88. The zero-order chi connectivity index (χ0) is 19.3. The molecule has 1 amide bonds. The molecule has 1 atom stereocenters. The van der Waals surface area contributed by atoms with Gasteiger partial charge in [0.05, 0.1) is 19.8 Å². The summed E-state index contributed by atoms with van der Waals surface area (Å²) in [5.41, 5.74) is 1.54. The van der Waals surface area contributed by atoms with Crippen molar-refractivity contribution in [3.8, 4) is 5.75 Å². The first-order valence-electron chi connectivity index (χ1n) is 9.92. The highest BCUT2D eigenvalue weighted by molar-refractivity contribution is 5.91. The maximum atomic E-state index is 12.3. The van der Waals surface area contributed by atoms with Gasteiger partial charge in [-0.2, -0.15) is 0 Å². The van der Waals surface area contributed by atoms with Crippen LogP contribution in [0.1, 0.15) is 47.6 Å². The fraction of sp³-hybridized carbons (Fsp3) is 0.524. The Morgan fingerprint density at radius 2 is 2.07 bits per heavy atom. The second-order valence-electron chi connectivity index (χ2n) is 7.46. The van der Waals surface area contributed by atoms with Crippen LogP contribution in [0, 0.1) is 0 Å². The molecule has 7 heteroatoms. The van der Waals surface area contributed by atoms with Gasteiger partial charge in [0, 0.05) is 25.7 Å². The number of methoxy groups -OCH3 is 1. The van der Waals surface area contributed by atoms with Gasteiger partial charge in [-0.15, -0.1) is 0 Å². The molecule has 7 nitrogen and oxygen atoms in total. The predicted octanol–water partition coefficient (Wildman–Crippen LogP) is 2.76. The molecule has 1 saturated heterocycles. The summed E-state index contributed by atoms with van der Waals surface area (Å²) in [5.74, 6) is 1.22. The molecule has 2 aromatic rings. The van der Waals surface area contributed by atoms with Gasteiger partial charge in [-0.25, -0.2) is 4.98 Å². The van der Waals surface area contributed by atoms with E-state index in [1.807, 2.05) is 12.1 Å². The average Bonchev–Trinajstić information content (AvgIpc) is 3.23. The number of rotatable bonds is 9. The Morgan fingerprint density at radius 3 is 2.75 bits per heavy atom. The van der Waals surface area contributed by atoms with Gasteiger partial charge in [-0.1, -0.05) is 12.1 Å². The van der Waals surface area contributed by atoms with Gasteiger partial charge in [0.1, 0.15) is 12.0 Å². The number of carbonyl (C=O) groups is 1. The number of aromatic nitrogens is 1. The van der Waals surface area contributed by atoms with Crippen molar-refractivity contribution >= 4 is 5.91 Å². The van der Waals surface area contributed by atoms with E-state index in [1.165, 1.54) is 24.7 Å². The summed E-state index contributed by atoms with van der Waals surface area (Å²) in [7, 11) is 1.67. The zero-order valence-corrected chi connectivity index (χ0v) is 16.2. The summed E-state index contributed by atoms with van der Waals surface area (Å²) in [6.45, 7) is 2.71. The number of carbonyl (C=O) groups excluding carboxylic acids is 1. The van der Waals surface area contributed by atoms with Crippen molar-refractivity contribution < 1.29 is 18.7 Å². The molecule has 4 rings (SSSR count). The summed E-state index contributed by atoms with van der Waals surface area (Å²) in [4.78, 5) is 19.0. The molecular weight excluding hydrogens is 358 g/mol. The smallest absolute Gasteiger partial charge is 0.273 e. The lowest BCUT2D eigenvalue weighted by molar-refractivity contribution is 0.0853. The Balaban J connectivity index is 1.33. The Bertz CT molecular complexity index is 779. The van der Waals surface area contributed by atoms with Gasteiger partial charge in [-0.05, 0) is 43.4 Å². The minimum atomic E-state index is -0.210. The molecule has 28 heavy (non-hydrogen) atoms. The number of nitrogens with one attached hydrogen (secondary N) is 1. The monoisotopic (exact) mass is 385 g/mol. The molecule has 1 aromatic heterocycles. The molecule has 0 spiro atoms. The number of amides is 1. The van der Waals surface area contributed by atoms with Gasteiger partial charge in [-0.3, -0.25) is 9.69 Å². The maximum absolute atomic E-state index is 12.3. The second kappa shape index (κ2) is 8.75. The quantitative estimate of drug-likeness (QED) is 0.715. The van der Waals surface area contributed by atoms with Crippen LogP contribution in [-0.2, 0) is 17.8 Å². The van der Waals surface area contributed by atoms with E-state index in [4.69, 9.17) is 13.9 Å². The topological polar surface area (TPSA) is 76.8 Å². The van der Waals surface area contributed by atoms with E-state index in [9.17, 15) is 4.79 Å². The lowest BCUT2D eigenvalue weighted by atomic mass is 10.2. The van der Waals surface area contributed by atoms with Gasteiger partial charge in [0.25, 0.3) is 5.91 Å². The highest BCUT2D eigenvalue weighted by Gasteiger charge is 2.30. The van der Waals surface area contributed by atoms with Crippen LogP contribution in [0.3, 0.4) is 0 Å². The first-order chi connectivity index (χ1) is 13.7. The molecule has 150 valence electrons. The molecule has 0 bridgehead atoms. The zero-order valence-electron chi connectivity index (χ0n) is 16.2. The third-order valence-corrected chi connectivity index (χ3v) is 5.25. The van der Waals surface area contributed by atoms with Crippen molar-refractivity contribution in [2.45, 2.75) is 50.9 Å². The van der Waals surface area contributed by atoms with Crippen LogP contribution >= 0.6 is 0 Å². The van der Waals surface area contributed by atoms with E-state index < -0.39 is 0 Å². The molecular formula is C21H27N3O4. The normalized spacial score (nSPS) is 19.1. The first-order valence-corrected chi connectivity index (χ1v) is 9.92. The Hall–Kier alpha value is -2.38. The number of oxazole rings is 1. The number of benzene rings is 1. The SMILES string of the molecule is COc1ccc(CN(Cc2nc(C(=O)NCC3CCCO3)co2)C2CC2)cc1. The van der Waals surface area contributed by atoms with Gasteiger partial charge < -0.3 is 19.2 Å². The van der Waals surface area contributed by atoms with E-state index >= 15 is 0 Å². The molecule has 1 aliphatic carbocycles. The highest BCUT2D eigenvalue weighted by atomic mass is 16.5. The molecule has 0 radical (unpaired) electrons. The van der Waals surface area contributed by atoms with Crippen molar-refractivity contribution in [2.24, 2.45) is 0 Å². The van der Waals surface area contributed by atoms with Crippen molar-refractivity contribution in [3.63, 3.8) is 0 Å². The molecule has 2 fully saturated rings. The number of nitrogens with zero attached hydrogens (tertiary/aromatic N) is 2. The van der Waals surface area contributed by atoms with Crippen LogP contribution in [0.15, 0.2) is 34.9 Å². The summed E-state index contributed by atoms with van der Waals surface area (Å²) in [6.07, 6.45) is 5.98. The first kappa shape index (κ1) is 19.0. The van der Waals surface area contributed by atoms with Crippen LogP contribution in [0.25, 0.3) is 0 Å². The van der Waals surface area contributed by atoms with E-state index in [1.54, 1.807) is 7.11 Å². The fourth-order valence-corrected chi connectivity index (χ4v) is 3.48. The van der Waals surface area contributed by atoms with Crippen molar-refractivity contribution in [3.05, 3.63) is 47.7 Å². The van der Waals surface area contributed by atoms with E-state index in [0.29, 0.717) is 30.7 Å². The van der Waals surface area contributed by atoms with E-state index in [2.05, 4.69) is 27.3 Å². The Morgan fingerprint density at radius 1 is 1.25 bits per heavy atom. The minimum Gasteiger partial charge on any atom is -0.497 e. The highest BCUT2D eigenvalue weighted by Crippen LogP contribution is 2.30. The molecule has 1 aliphatic heterocycles. The standard InChI is InChI=1S/C21H27N3O4/c1-26-17-8-4-15(5-9-17)12-24(16-6-7-16)13-20-23-19(14-28-20)21(25)22-11-18-3-2-10-27-18/h4-5,8-9,14,16,18H,2-3,6-7,10-13H2,1H3,(H,22,25). The van der Waals surface area contributed by atoms with Gasteiger partial charge >= 0.3 is 0 Å². The molecule has 1 saturated carbocycles. The van der Waals surface area contributed by atoms with Crippen LogP contribution in [-0.4, -0.2) is 48.2 Å². The molecule has 1 aromatic carbocycles. The van der Waals surface area contributed by atoms with Crippen LogP contribution in [0.4, 0.5) is 0 Å². The maximum Gasteiger partial charge on any atom is 0.273 e. The number of hydrogen-bond donors (Lipinski definition) is 1. The molecule has 1 unspecified atom stereocenters. The van der Waals surface area contributed by atoms with Crippen molar-refractivity contribution in [2.75, 3.05) is 20.3 Å².